The number of piperidine rings is 1. The van der Waals surface area contributed by atoms with Crippen LogP contribution < -0.4 is 5.32 Å². The predicted molar refractivity (Wildman–Crippen MR) is 63.5 cm³/mol. The lowest BCUT2D eigenvalue weighted by Crippen LogP contribution is -2.54. The molecule has 1 N–H and O–H groups in total. The molecule has 1 aliphatic carbocycles. The Kier molecular flexibility index (Phi) is 2.73. The number of amides is 4. The lowest BCUT2D eigenvalue weighted by molar-refractivity contribution is -0.150. The summed E-state index contributed by atoms with van der Waals surface area (Å²) >= 11 is 0. The minimum atomic E-state index is -0.830. The fourth-order valence-corrected chi connectivity index (χ4v) is 2.97. The van der Waals surface area contributed by atoms with Gasteiger partial charge in [-0.1, -0.05) is 0 Å². The average Bonchev–Trinajstić information content (AvgIpc) is 2.64. The maximum Gasteiger partial charge on any atom is 0.257 e. The largest absolute Gasteiger partial charge is 0.295 e. The zero-order valence-corrected chi connectivity index (χ0v) is 10.4. The maximum atomic E-state index is 12.3. The van der Waals surface area contributed by atoms with Gasteiger partial charge >= 0.3 is 0 Å². The summed E-state index contributed by atoms with van der Waals surface area (Å²) in [6.07, 6.45) is 3.43. The summed E-state index contributed by atoms with van der Waals surface area (Å²) < 4.78 is 0. The van der Waals surface area contributed by atoms with Crippen LogP contribution in [0.1, 0.15) is 38.5 Å². The molecule has 0 unspecified atom stereocenters. The molecule has 3 rings (SSSR count). The molecule has 0 bridgehead atoms. The molecule has 2 heterocycles. The van der Waals surface area contributed by atoms with E-state index in [9.17, 15) is 19.2 Å². The number of imide groups is 2. The van der Waals surface area contributed by atoms with Crippen molar-refractivity contribution in [3.05, 3.63) is 11.1 Å². The minimum Gasteiger partial charge on any atom is -0.295 e. The van der Waals surface area contributed by atoms with Crippen molar-refractivity contribution in [2.45, 2.75) is 44.6 Å². The van der Waals surface area contributed by atoms with Gasteiger partial charge in [-0.05, 0) is 32.1 Å². The fraction of sp³-hybridized carbons (Fsp3) is 0.538. The van der Waals surface area contributed by atoms with Crippen molar-refractivity contribution in [3.8, 4) is 0 Å². The van der Waals surface area contributed by atoms with Crippen LogP contribution in [0.2, 0.25) is 0 Å². The second kappa shape index (κ2) is 4.29. The Balaban J connectivity index is 1.87. The van der Waals surface area contributed by atoms with Crippen LogP contribution >= 0.6 is 0 Å². The quantitative estimate of drug-likeness (QED) is 0.676. The summed E-state index contributed by atoms with van der Waals surface area (Å²) in [5.74, 6) is -1.57. The Morgan fingerprint density at radius 2 is 1.47 bits per heavy atom. The number of carbonyl (C=O) groups excluding carboxylic acids is 4. The van der Waals surface area contributed by atoms with E-state index in [-0.39, 0.29) is 30.6 Å². The van der Waals surface area contributed by atoms with Crippen LogP contribution in [0.4, 0.5) is 0 Å². The van der Waals surface area contributed by atoms with Crippen molar-refractivity contribution in [1.29, 1.82) is 0 Å². The second-order valence-electron chi connectivity index (χ2n) is 5.11. The standard InChI is InChI=1S/C13H14N2O4/c16-10-6-5-9(11(17)14-10)15-12(18)7-3-1-2-4-8(7)13(15)19/h9H,1-6H2,(H,14,16,17)/t9-/m0/s1. The highest BCUT2D eigenvalue weighted by Gasteiger charge is 2.45. The van der Waals surface area contributed by atoms with Gasteiger partial charge in [0.15, 0.2) is 0 Å². The van der Waals surface area contributed by atoms with Gasteiger partial charge in [0.2, 0.25) is 11.8 Å². The Bertz CT molecular complexity index is 507. The number of rotatable bonds is 1. The van der Waals surface area contributed by atoms with E-state index in [1.807, 2.05) is 0 Å². The second-order valence-corrected chi connectivity index (χ2v) is 5.11. The highest BCUT2D eigenvalue weighted by atomic mass is 16.2. The first-order valence-electron chi connectivity index (χ1n) is 6.53. The third kappa shape index (κ3) is 1.78. The van der Waals surface area contributed by atoms with Crippen molar-refractivity contribution >= 4 is 23.6 Å². The Hall–Kier alpha value is -1.98. The highest BCUT2D eigenvalue weighted by molar-refractivity contribution is 6.21. The molecule has 4 amide bonds. The van der Waals surface area contributed by atoms with E-state index in [0.717, 1.165) is 17.7 Å². The molecule has 6 nitrogen and oxygen atoms in total. The smallest absolute Gasteiger partial charge is 0.257 e. The van der Waals surface area contributed by atoms with E-state index in [2.05, 4.69) is 5.32 Å². The minimum absolute atomic E-state index is 0.165. The van der Waals surface area contributed by atoms with E-state index in [1.54, 1.807) is 0 Å². The number of hydrogen-bond donors (Lipinski definition) is 1. The zero-order chi connectivity index (χ0) is 13.6. The van der Waals surface area contributed by atoms with E-state index < -0.39 is 11.9 Å². The van der Waals surface area contributed by atoms with Gasteiger partial charge in [0, 0.05) is 17.6 Å². The van der Waals surface area contributed by atoms with Crippen LogP contribution in [-0.2, 0) is 19.2 Å². The molecule has 0 aromatic rings. The summed E-state index contributed by atoms with van der Waals surface area (Å²) in [5.41, 5.74) is 1.14. The summed E-state index contributed by atoms with van der Waals surface area (Å²) in [7, 11) is 0. The van der Waals surface area contributed by atoms with E-state index in [0.29, 0.717) is 24.0 Å². The van der Waals surface area contributed by atoms with Crippen LogP contribution in [0.25, 0.3) is 0 Å². The summed E-state index contributed by atoms with van der Waals surface area (Å²) in [6.45, 7) is 0. The van der Waals surface area contributed by atoms with Crippen molar-refractivity contribution < 1.29 is 19.2 Å². The normalized spacial score (nSPS) is 27.8. The van der Waals surface area contributed by atoms with Gasteiger partial charge in [0.1, 0.15) is 6.04 Å². The molecule has 0 radical (unpaired) electrons. The first-order valence-corrected chi connectivity index (χ1v) is 6.53. The van der Waals surface area contributed by atoms with Crippen LogP contribution in [0, 0.1) is 0 Å². The van der Waals surface area contributed by atoms with E-state index in [4.69, 9.17) is 0 Å². The first kappa shape index (κ1) is 12.1. The predicted octanol–water partition coefficient (Wildman–Crippen LogP) is 0.0310. The molecule has 0 saturated carbocycles. The Morgan fingerprint density at radius 3 is 2.00 bits per heavy atom. The van der Waals surface area contributed by atoms with Crippen molar-refractivity contribution in [2.24, 2.45) is 0 Å². The molecule has 100 valence electrons. The topological polar surface area (TPSA) is 83.6 Å². The Morgan fingerprint density at radius 1 is 0.895 bits per heavy atom. The number of carbonyl (C=O) groups is 4. The molecule has 19 heavy (non-hydrogen) atoms. The molecule has 0 aromatic carbocycles. The SMILES string of the molecule is O=C1CC[C@H](N2C(=O)C3=C(CCCC3)C2=O)C(=O)N1. The maximum absolute atomic E-state index is 12.3. The van der Waals surface area contributed by atoms with E-state index >= 15 is 0 Å². The molecular formula is C13H14N2O4. The highest BCUT2D eigenvalue weighted by Crippen LogP contribution is 2.34. The Labute approximate surface area is 109 Å². The molecule has 1 atom stereocenters. The van der Waals surface area contributed by atoms with Gasteiger partial charge in [-0.15, -0.1) is 0 Å². The molecule has 6 heteroatoms. The first-order chi connectivity index (χ1) is 9.09. The molecular weight excluding hydrogens is 248 g/mol. The van der Waals surface area contributed by atoms with Crippen molar-refractivity contribution in [2.75, 3.05) is 0 Å². The van der Waals surface area contributed by atoms with Gasteiger partial charge in [-0.3, -0.25) is 29.4 Å². The van der Waals surface area contributed by atoms with Crippen LogP contribution in [0.5, 0.6) is 0 Å². The molecule has 0 spiro atoms. The third-order valence-corrected chi connectivity index (χ3v) is 3.94. The molecule has 1 fully saturated rings. The molecule has 2 aliphatic heterocycles. The number of nitrogens with one attached hydrogen (secondary N) is 1. The summed E-state index contributed by atoms with van der Waals surface area (Å²) in [6, 6.07) is -0.830. The van der Waals surface area contributed by atoms with Crippen LogP contribution in [0.3, 0.4) is 0 Å². The van der Waals surface area contributed by atoms with Gasteiger partial charge in [0.05, 0.1) is 0 Å². The van der Waals surface area contributed by atoms with E-state index in [1.165, 1.54) is 0 Å². The zero-order valence-electron chi connectivity index (χ0n) is 10.4. The molecule has 1 saturated heterocycles. The number of hydrogen-bond acceptors (Lipinski definition) is 4. The monoisotopic (exact) mass is 262 g/mol. The molecule has 0 aromatic heterocycles. The van der Waals surface area contributed by atoms with Crippen LogP contribution in [-0.4, -0.2) is 34.6 Å². The fourth-order valence-electron chi connectivity index (χ4n) is 2.97. The van der Waals surface area contributed by atoms with Gasteiger partial charge in [0.25, 0.3) is 11.8 Å². The van der Waals surface area contributed by atoms with Gasteiger partial charge in [-0.25, -0.2) is 0 Å². The average molecular weight is 262 g/mol. The van der Waals surface area contributed by atoms with Crippen LogP contribution in [0.15, 0.2) is 11.1 Å². The van der Waals surface area contributed by atoms with Crippen molar-refractivity contribution in [3.63, 3.8) is 0 Å². The number of nitrogens with zero attached hydrogens (tertiary/aromatic N) is 1. The molecule has 3 aliphatic rings. The van der Waals surface area contributed by atoms with Crippen molar-refractivity contribution in [1.82, 2.24) is 10.2 Å². The lowest BCUT2D eigenvalue weighted by Gasteiger charge is -2.28. The summed E-state index contributed by atoms with van der Waals surface area (Å²) in [4.78, 5) is 48.5. The lowest BCUT2D eigenvalue weighted by atomic mass is 9.93. The summed E-state index contributed by atoms with van der Waals surface area (Å²) in [5, 5.41) is 2.19. The third-order valence-electron chi connectivity index (χ3n) is 3.94. The van der Waals surface area contributed by atoms with Gasteiger partial charge in [-0.2, -0.15) is 0 Å². The van der Waals surface area contributed by atoms with Gasteiger partial charge < -0.3 is 0 Å².